The fourth-order valence-corrected chi connectivity index (χ4v) is 10.4. The Hall–Kier alpha value is -8.61. The summed E-state index contributed by atoms with van der Waals surface area (Å²) in [5, 5.41) is 6.56. The minimum atomic E-state index is -0.0331. The summed E-state index contributed by atoms with van der Waals surface area (Å²) in [6, 6.07) is 68.9. The van der Waals surface area contributed by atoms with Gasteiger partial charge < -0.3 is 13.4 Å². The van der Waals surface area contributed by atoms with Crippen molar-refractivity contribution in [3.63, 3.8) is 0 Å². The second kappa shape index (κ2) is 16.0. The molecule has 0 bridgehead atoms. The molecule has 0 radical (unpaired) electrons. The van der Waals surface area contributed by atoms with Crippen LogP contribution in [0.25, 0.3) is 128 Å². The summed E-state index contributed by atoms with van der Waals surface area (Å²) in [5.41, 5.74) is 16.1. The predicted molar refractivity (Wildman–Crippen MR) is 293 cm³/mol. The van der Waals surface area contributed by atoms with Gasteiger partial charge in [-0.15, -0.1) is 0 Å². The molecule has 71 heavy (non-hydrogen) atoms. The molecule has 0 fully saturated rings. The highest BCUT2D eigenvalue weighted by Crippen LogP contribution is 2.46. The Labute approximate surface area is 411 Å². The van der Waals surface area contributed by atoms with E-state index in [1.165, 1.54) is 21.9 Å². The lowest BCUT2D eigenvalue weighted by atomic mass is 9.85. The summed E-state index contributed by atoms with van der Waals surface area (Å²) < 4.78 is 15.1. The van der Waals surface area contributed by atoms with Crippen LogP contribution in [0.5, 0.6) is 0 Å². The molecule has 6 heteroatoms. The monoisotopic (exact) mass is 918 g/mol. The largest absolute Gasteiger partial charge is 0.456 e. The van der Waals surface area contributed by atoms with Crippen LogP contribution in [0.15, 0.2) is 203 Å². The van der Waals surface area contributed by atoms with Crippen molar-refractivity contribution in [1.29, 1.82) is 0 Å². The van der Waals surface area contributed by atoms with E-state index in [4.69, 9.17) is 23.8 Å². The van der Waals surface area contributed by atoms with Gasteiger partial charge in [-0.2, -0.15) is 0 Å². The summed E-state index contributed by atoms with van der Waals surface area (Å²) in [5.74, 6) is 1.69. The summed E-state index contributed by atoms with van der Waals surface area (Å²) >= 11 is 0. The third-order valence-electron chi connectivity index (χ3n) is 14.2. The molecule has 0 saturated carbocycles. The van der Waals surface area contributed by atoms with Crippen LogP contribution in [0, 0.1) is 0 Å². The van der Waals surface area contributed by atoms with Crippen molar-refractivity contribution in [3.8, 4) is 62.1 Å². The summed E-state index contributed by atoms with van der Waals surface area (Å²) in [4.78, 5) is 16.1. The van der Waals surface area contributed by atoms with Crippen molar-refractivity contribution in [2.24, 2.45) is 0 Å². The highest BCUT2D eigenvalue weighted by atomic mass is 16.3. The SMILES string of the molecule is CC(C)(C)c1ccc2c(c1)c1cc(C(C)(C)C)ccc1n2-c1c(-c2ccccc2)cc(-c2nc(-c3ccc4oc5ccccc5c4c3)nc(-c3ccc4oc5ccccc5c4c3)n2)cc1-c1ccccc1. The molecule has 0 atom stereocenters. The molecule has 9 aromatic carbocycles. The van der Waals surface area contributed by atoms with Crippen molar-refractivity contribution in [2.45, 2.75) is 52.4 Å². The van der Waals surface area contributed by atoms with Gasteiger partial charge in [0.1, 0.15) is 22.3 Å². The predicted octanol–water partition coefficient (Wildman–Crippen LogP) is 17.7. The number of furan rings is 2. The molecule has 0 aliphatic heterocycles. The third kappa shape index (κ3) is 7.20. The lowest BCUT2D eigenvalue weighted by molar-refractivity contribution is 0.590. The van der Waals surface area contributed by atoms with Crippen LogP contribution < -0.4 is 0 Å². The van der Waals surface area contributed by atoms with E-state index in [0.29, 0.717) is 17.5 Å². The van der Waals surface area contributed by atoms with Gasteiger partial charge in [0.15, 0.2) is 17.5 Å². The van der Waals surface area contributed by atoms with E-state index >= 15 is 0 Å². The summed E-state index contributed by atoms with van der Waals surface area (Å²) in [6.07, 6.45) is 0. The van der Waals surface area contributed by atoms with Crippen LogP contribution in [-0.4, -0.2) is 19.5 Å². The number of hydrogen-bond donors (Lipinski definition) is 0. The normalized spacial score (nSPS) is 12.4. The van der Waals surface area contributed by atoms with Gasteiger partial charge in [-0.3, -0.25) is 0 Å². The van der Waals surface area contributed by atoms with E-state index in [2.05, 4.69) is 180 Å². The topological polar surface area (TPSA) is 69.9 Å². The molecule has 13 aromatic rings. The van der Waals surface area contributed by atoms with Gasteiger partial charge in [-0.05, 0) is 118 Å². The number of rotatable bonds is 6. The van der Waals surface area contributed by atoms with Crippen molar-refractivity contribution in [1.82, 2.24) is 19.5 Å². The van der Waals surface area contributed by atoms with Crippen molar-refractivity contribution < 1.29 is 8.83 Å². The third-order valence-corrected chi connectivity index (χ3v) is 14.2. The molecule has 4 aromatic heterocycles. The fourth-order valence-electron chi connectivity index (χ4n) is 10.4. The highest BCUT2D eigenvalue weighted by molar-refractivity contribution is 6.12. The average molecular weight is 919 g/mol. The van der Waals surface area contributed by atoms with Crippen molar-refractivity contribution in [3.05, 3.63) is 205 Å². The zero-order chi connectivity index (χ0) is 48.2. The van der Waals surface area contributed by atoms with Gasteiger partial charge in [0, 0.05) is 60.1 Å². The number of benzene rings is 9. The Morgan fingerprint density at radius 1 is 0.324 bits per heavy atom. The summed E-state index contributed by atoms with van der Waals surface area (Å²) in [6.45, 7) is 13.8. The van der Waals surface area contributed by atoms with Crippen molar-refractivity contribution in [2.75, 3.05) is 0 Å². The van der Waals surface area contributed by atoms with E-state index in [1.807, 2.05) is 60.7 Å². The molecule has 0 aliphatic carbocycles. The Morgan fingerprint density at radius 2 is 0.718 bits per heavy atom. The maximum atomic E-state index is 6.28. The quantitative estimate of drug-likeness (QED) is 0.166. The zero-order valence-corrected chi connectivity index (χ0v) is 40.6. The molecule has 0 saturated heterocycles. The first-order valence-electron chi connectivity index (χ1n) is 24.4. The maximum Gasteiger partial charge on any atom is 0.164 e. The Bertz CT molecular complexity index is 3980. The first-order valence-corrected chi connectivity index (χ1v) is 24.4. The van der Waals surface area contributed by atoms with E-state index < -0.39 is 0 Å². The van der Waals surface area contributed by atoms with Crippen LogP contribution >= 0.6 is 0 Å². The van der Waals surface area contributed by atoms with Crippen LogP contribution in [-0.2, 0) is 10.8 Å². The van der Waals surface area contributed by atoms with Crippen LogP contribution in [0.1, 0.15) is 52.7 Å². The van der Waals surface area contributed by atoms with Gasteiger partial charge in [-0.25, -0.2) is 15.0 Å². The second-order valence-corrected chi connectivity index (χ2v) is 20.9. The van der Waals surface area contributed by atoms with Crippen LogP contribution in [0.3, 0.4) is 0 Å². The number of fused-ring (bicyclic) bond motifs is 9. The van der Waals surface area contributed by atoms with Gasteiger partial charge >= 0.3 is 0 Å². The molecule has 0 amide bonds. The molecular formula is C65H50N4O2. The van der Waals surface area contributed by atoms with Gasteiger partial charge in [0.05, 0.1) is 16.7 Å². The average Bonchev–Trinajstić information content (AvgIpc) is 4.06. The number of para-hydroxylation sites is 2. The molecule has 0 aliphatic rings. The van der Waals surface area contributed by atoms with E-state index in [-0.39, 0.29) is 10.8 Å². The molecule has 4 heterocycles. The first kappa shape index (κ1) is 42.5. The standard InChI is InChI=1S/C65H50N4O2/c1-64(2,3)44-27-29-54-50(37-44)51-38-45(65(4,5)6)28-30-55(51)69(54)60-48(39-17-9-7-10-18-39)35-43(36-49(60)40-19-11-8-12-20-40)63-67-61(41-25-31-58-52(33-41)46-21-13-15-23-56(46)70-58)66-62(68-63)42-26-32-59-53(34-42)47-22-14-16-24-57(47)71-59/h7-38H,1-6H3. The Kier molecular flexibility index (Phi) is 9.56. The van der Waals surface area contributed by atoms with E-state index in [0.717, 1.165) is 99.5 Å². The molecular weight excluding hydrogens is 869 g/mol. The molecule has 13 rings (SSSR count). The number of hydrogen-bond acceptors (Lipinski definition) is 5. The van der Waals surface area contributed by atoms with E-state index in [1.54, 1.807) is 0 Å². The minimum Gasteiger partial charge on any atom is -0.456 e. The zero-order valence-electron chi connectivity index (χ0n) is 40.6. The van der Waals surface area contributed by atoms with Crippen molar-refractivity contribution >= 4 is 65.7 Å². The molecule has 0 spiro atoms. The molecule has 0 unspecified atom stereocenters. The second-order valence-electron chi connectivity index (χ2n) is 20.9. The minimum absolute atomic E-state index is 0.0331. The molecule has 6 nitrogen and oxygen atoms in total. The lowest BCUT2D eigenvalue weighted by Crippen LogP contribution is -2.10. The number of aromatic nitrogens is 4. The molecule has 342 valence electrons. The van der Waals surface area contributed by atoms with E-state index in [9.17, 15) is 0 Å². The Balaban J connectivity index is 1.11. The lowest BCUT2D eigenvalue weighted by Gasteiger charge is -2.22. The van der Waals surface area contributed by atoms with Gasteiger partial charge in [0.25, 0.3) is 0 Å². The maximum absolute atomic E-state index is 6.28. The fraction of sp³-hybridized carbons (Fsp3) is 0.123. The smallest absolute Gasteiger partial charge is 0.164 e. The first-order chi connectivity index (χ1) is 34.4. The van der Waals surface area contributed by atoms with Gasteiger partial charge in [0.2, 0.25) is 0 Å². The number of nitrogens with zero attached hydrogens (tertiary/aromatic N) is 4. The summed E-state index contributed by atoms with van der Waals surface area (Å²) in [7, 11) is 0. The van der Waals surface area contributed by atoms with Crippen LogP contribution in [0.2, 0.25) is 0 Å². The molecule has 0 N–H and O–H groups in total. The Morgan fingerprint density at radius 3 is 1.15 bits per heavy atom. The van der Waals surface area contributed by atoms with Crippen LogP contribution in [0.4, 0.5) is 0 Å². The van der Waals surface area contributed by atoms with Gasteiger partial charge in [-0.1, -0.05) is 151 Å². The highest BCUT2D eigenvalue weighted by Gasteiger charge is 2.26.